The number of alkyl halides is 3. The Morgan fingerprint density at radius 2 is 1.92 bits per heavy atom. The molecule has 0 unspecified atom stereocenters. The van der Waals surface area contributed by atoms with Crippen molar-refractivity contribution in [2.45, 2.75) is 6.18 Å². The first kappa shape index (κ1) is 26.5. The lowest BCUT2D eigenvalue weighted by Gasteiger charge is -2.27. The Balaban J connectivity index is 1.23. The molecule has 0 spiro atoms. The van der Waals surface area contributed by atoms with Crippen molar-refractivity contribution in [1.82, 2.24) is 14.9 Å². The molecule has 2 aromatic carbocycles. The third-order valence-corrected chi connectivity index (χ3v) is 6.49. The standard InChI is InChI=1S/C29H28F3N5O2/c30-29(31,32)25-18-24(5-6-26(25)33-10-11-37-12-14-39-15-13-37)36-27(38)7-4-20-2-1-3-21(16-20)23-17-22-8-9-34-28(22)35-19-23/h1-9,16-19,33H,10-15H2,(H,34,35)(H,36,38). The zero-order valence-electron chi connectivity index (χ0n) is 21.1. The second kappa shape index (κ2) is 11.7. The SMILES string of the molecule is O=C(C=Cc1cccc(-c2cnc3[nH]ccc3c2)c1)Nc1ccc(NCCN2CCOCC2)c(C(F)(F)F)c1. The van der Waals surface area contributed by atoms with E-state index in [0.29, 0.717) is 26.3 Å². The molecule has 0 saturated carbocycles. The van der Waals surface area contributed by atoms with Gasteiger partial charge in [0.1, 0.15) is 5.65 Å². The van der Waals surface area contributed by atoms with E-state index in [1.54, 1.807) is 12.3 Å². The Hall–Kier alpha value is -4.15. The van der Waals surface area contributed by atoms with Crippen molar-refractivity contribution < 1.29 is 22.7 Å². The topological polar surface area (TPSA) is 82.3 Å². The number of fused-ring (bicyclic) bond motifs is 1. The molecule has 7 nitrogen and oxygen atoms in total. The van der Waals surface area contributed by atoms with E-state index in [1.807, 2.05) is 42.6 Å². The summed E-state index contributed by atoms with van der Waals surface area (Å²) < 4.78 is 46.6. The summed E-state index contributed by atoms with van der Waals surface area (Å²) in [5.41, 5.74) is 2.65. The molecule has 10 heteroatoms. The minimum Gasteiger partial charge on any atom is -0.383 e. The van der Waals surface area contributed by atoms with Crippen LogP contribution in [0.4, 0.5) is 24.5 Å². The number of morpholine rings is 1. The van der Waals surface area contributed by atoms with E-state index in [9.17, 15) is 18.0 Å². The molecule has 1 aliphatic rings. The Kier molecular flexibility index (Phi) is 7.94. The molecule has 1 aliphatic heterocycles. The van der Waals surface area contributed by atoms with Gasteiger partial charge < -0.3 is 20.4 Å². The summed E-state index contributed by atoms with van der Waals surface area (Å²) in [6.07, 6.45) is 1.94. The molecule has 0 aliphatic carbocycles. The fourth-order valence-electron chi connectivity index (χ4n) is 4.46. The molecule has 0 atom stereocenters. The number of rotatable bonds is 8. The lowest BCUT2D eigenvalue weighted by Crippen LogP contribution is -2.39. The number of nitrogens with zero attached hydrogens (tertiary/aromatic N) is 2. The number of amides is 1. The van der Waals surface area contributed by atoms with Crippen LogP contribution in [-0.4, -0.2) is 60.2 Å². The number of halogens is 3. The highest BCUT2D eigenvalue weighted by Crippen LogP contribution is 2.36. The fraction of sp³-hybridized carbons (Fsp3) is 0.241. The molecule has 2 aromatic heterocycles. The van der Waals surface area contributed by atoms with Crippen LogP contribution in [0.25, 0.3) is 28.2 Å². The summed E-state index contributed by atoms with van der Waals surface area (Å²) in [5, 5.41) is 6.41. The third-order valence-electron chi connectivity index (χ3n) is 6.49. The predicted octanol–water partition coefficient (Wildman–Crippen LogP) is 5.64. The average molecular weight is 536 g/mol. The Morgan fingerprint density at radius 3 is 2.74 bits per heavy atom. The van der Waals surface area contributed by atoms with E-state index in [1.165, 1.54) is 18.2 Å². The molecule has 3 heterocycles. The van der Waals surface area contributed by atoms with E-state index in [0.717, 1.165) is 46.9 Å². The van der Waals surface area contributed by atoms with Gasteiger partial charge in [-0.25, -0.2) is 4.98 Å². The van der Waals surface area contributed by atoms with Crippen molar-refractivity contribution in [3.63, 3.8) is 0 Å². The molecule has 0 radical (unpaired) electrons. The average Bonchev–Trinajstić information content (AvgIpc) is 3.41. The molecule has 4 aromatic rings. The predicted molar refractivity (Wildman–Crippen MR) is 146 cm³/mol. The van der Waals surface area contributed by atoms with Gasteiger partial charge in [0.2, 0.25) is 5.91 Å². The van der Waals surface area contributed by atoms with E-state index < -0.39 is 17.6 Å². The van der Waals surface area contributed by atoms with Crippen molar-refractivity contribution in [3.8, 4) is 11.1 Å². The molecule has 1 fully saturated rings. The van der Waals surface area contributed by atoms with Crippen LogP contribution in [-0.2, 0) is 15.7 Å². The first-order valence-corrected chi connectivity index (χ1v) is 12.6. The summed E-state index contributed by atoms with van der Waals surface area (Å²) >= 11 is 0. The number of hydrogen-bond donors (Lipinski definition) is 3. The lowest BCUT2D eigenvalue weighted by atomic mass is 10.0. The van der Waals surface area contributed by atoms with Crippen LogP contribution in [0.15, 0.2) is 73.1 Å². The van der Waals surface area contributed by atoms with Gasteiger partial charge in [0, 0.05) is 67.0 Å². The fourth-order valence-corrected chi connectivity index (χ4v) is 4.46. The van der Waals surface area contributed by atoms with Gasteiger partial charge in [0.25, 0.3) is 0 Å². The minimum absolute atomic E-state index is 0.0200. The number of nitrogens with one attached hydrogen (secondary N) is 3. The van der Waals surface area contributed by atoms with Crippen LogP contribution >= 0.6 is 0 Å². The minimum atomic E-state index is -4.57. The maximum Gasteiger partial charge on any atom is 0.418 e. The van der Waals surface area contributed by atoms with Crippen LogP contribution in [0, 0.1) is 0 Å². The van der Waals surface area contributed by atoms with Gasteiger partial charge in [-0.3, -0.25) is 9.69 Å². The molecule has 39 heavy (non-hydrogen) atoms. The number of ether oxygens (including phenoxy) is 1. The number of carbonyl (C=O) groups is 1. The van der Waals surface area contributed by atoms with Gasteiger partial charge >= 0.3 is 6.18 Å². The number of pyridine rings is 1. The van der Waals surface area contributed by atoms with Crippen LogP contribution < -0.4 is 10.6 Å². The summed E-state index contributed by atoms with van der Waals surface area (Å²) in [4.78, 5) is 22.1. The van der Waals surface area contributed by atoms with Crippen molar-refractivity contribution >= 4 is 34.4 Å². The smallest absolute Gasteiger partial charge is 0.383 e. The molecular weight excluding hydrogens is 507 g/mol. The van der Waals surface area contributed by atoms with Crippen LogP contribution in [0.1, 0.15) is 11.1 Å². The lowest BCUT2D eigenvalue weighted by molar-refractivity contribution is -0.137. The first-order valence-electron chi connectivity index (χ1n) is 12.6. The summed E-state index contributed by atoms with van der Waals surface area (Å²) in [6.45, 7) is 3.76. The van der Waals surface area contributed by atoms with E-state index >= 15 is 0 Å². The van der Waals surface area contributed by atoms with Crippen LogP contribution in [0.5, 0.6) is 0 Å². The van der Waals surface area contributed by atoms with Crippen LogP contribution in [0.2, 0.25) is 0 Å². The second-order valence-electron chi connectivity index (χ2n) is 9.23. The molecule has 3 N–H and O–H groups in total. The molecule has 5 rings (SSSR count). The van der Waals surface area contributed by atoms with E-state index in [-0.39, 0.29) is 11.4 Å². The monoisotopic (exact) mass is 535 g/mol. The van der Waals surface area contributed by atoms with Gasteiger partial charge in [-0.1, -0.05) is 18.2 Å². The number of aromatic nitrogens is 2. The Bertz CT molecular complexity index is 1480. The summed E-state index contributed by atoms with van der Waals surface area (Å²) in [6, 6.07) is 15.3. The molecule has 0 bridgehead atoms. The quantitative estimate of drug-likeness (QED) is 0.254. The maximum absolute atomic E-state index is 13.8. The maximum atomic E-state index is 13.8. The van der Waals surface area contributed by atoms with Gasteiger partial charge in [-0.2, -0.15) is 13.2 Å². The zero-order chi connectivity index (χ0) is 27.2. The highest BCUT2D eigenvalue weighted by molar-refractivity contribution is 6.02. The molecule has 1 amide bonds. The van der Waals surface area contributed by atoms with Gasteiger partial charge in [-0.05, 0) is 53.6 Å². The second-order valence-corrected chi connectivity index (χ2v) is 9.23. The molecular formula is C29H28F3N5O2. The number of benzene rings is 2. The van der Waals surface area contributed by atoms with Crippen molar-refractivity contribution in [1.29, 1.82) is 0 Å². The van der Waals surface area contributed by atoms with E-state index in [4.69, 9.17) is 4.74 Å². The first-order chi connectivity index (χ1) is 18.8. The normalized spacial score (nSPS) is 14.6. The van der Waals surface area contributed by atoms with Crippen molar-refractivity contribution in [3.05, 3.63) is 84.2 Å². The number of hydrogen-bond acceptors (Lipinski definition) is 5. The van der Waals surface area contributed by atoms with Gasteiger partial charge in [0.05, 0.1) is 18.8 Å². The highest BCUT2D eigenvalue weighted by atomic mass is 19.4. The highest BCUT2D eigenvalue weighted by Gasteiger charge is 2.34. The van der Waals surface area contributed by atoms with E-state index in [2.05, 4.69) is 25.5 Å². The van der Waals surface area contributed by atoms with Gasteiger partial charge in [-0.15, -0.1) is 0 Å². The molecule has 1 saturated heterocycles. The Morgan fingerprint density at radius 1 is 1.08 bits per heavy atom. The van der Waals surface area contributed by atoms with Crippen molar-refractivity contribution in [2.24, 2.45) is 0 Å². The van der Waals surface area contributed by atoms with Crippen molar-refractivity contribution in [2.75, 3.05) is 50.0 Å². The summed E-state index contributed by atoms with van der Waals surface area (Å²) in [5.74, 6) is -0.531. The Labute approximate surface area is 223 Å². The largest absolute Gasteiger partial charge is 0.418 e. The van der Waals surface area contributed by atoms with Crippen LogP contribution in [0.3, 0.4) is 0 Å². The number of H-pyrrole nitrogens is 1. The third kappa shape index (κ3) is 6.84. The number of carbonyl (C=O) groups excluding carboxylic acids is 1. The number of anilines is 2. The van der Waals surface area contributed by atoms with Gasteiger partial charge in [0.15, 0.2) is 0 Å². The number of aromatic amines is 1. The summed E-state index contributed by atoms with van der Waals surface area (Å²) in [7, 11) is 0. The molecule has 202 valence electrons. The zero-order valence-corrected chi connectivity index (χ0v) is 21.1.